The van der Waals surface area contributed by atoms with Crippen LogP contribution in [0, 0.1) is 6.92 Å². The van der Waals surface area contributed by atoms with Gasteiger partial charge in [0.05, 0.1) is 25.5 Å². The Bertz CT molecular complexity index is 1090. The number of aryl methyl sites for hydroxylation is 1. The summed E-state index contributed by atoms with van der Waals surface area (Å²) in [6.07, 6.45) is 1.58. The Morgan fingerprint density at radius 1 is 1.10 bits per heavy atom. The first-order chi connectivity index (χ1) is 14.2. The van der Waals surface area contributed by atoms with Gasteiger partial charge in [0.15, 0.2) is 17.3 Å². The van der Waals surface area contributed by atoms with Gasteiger partial charge in [-0.1, -0.05) is 0 Å². The van der Waals surface area contributed by atoms with E-state index in [9.17, 15) is 18.0 Å². The summed E-state index contributed by atoms with van der Waals surface area (Å²) >= 11 is 0. The number of primary amides is 1. The molecule has 0 spiro atoms. The van der Waals surface area contributed by atoms with Gasteiger partial charge in [-0.15, -0.1) is 0 Å². The maximum absolute atomic E-state index is 12.8. The van der Waals surface area contributed by atoms with Crippen LogP contribution < -0.4 is 20.5 Å². The molecule has 1 aliphatic heterocycles. The third-order valence-electron chi connectivity index (χ3n) is 4.82. The van der Waals surface area contributed by atoms with Crippen LogP contribution in [0.25, 0.3) is 0 Å². The molecule has 2 aromatic rings. The molecule has 0 atom stereocenters. The van der Waals surface area contributed by atoms with Crippen LogP contribution >= 0.6 is 0 Å². The monoisotopic (exact) mass is 437 g/mol. The highest BCUT2D eigenvalue weighted by Gasteiger charge is 2.32. The van der Waals surface area contributed by atoms with E-state index >= 15 is 0 Å². The molecule has 3 rings (SSSR count). The van der Waals surface area contributed by atoms with Crippen molar-refractivity contribution in [1.82, 2.24) is 4.31 Å². The molecule has 1 aliphatic rings. The second kappa shape index (κ2) is 8.36. The van der Waals surface area contributed by atoms with Crippen LogP contribution in [0.1, 0.15) is 39.5 Å². The molecule has 11 heteroatoms. The molecule has 0 radical (unpaired) electrons. The predicted octanol–water partition coefficient (Wildman–Crippen LogP) is 1.74. The van der Waals surface area contributed by atoms with Crippen molar-refractivity contribution in [1.29, 1.82) is 0 Å². The van der Waals surface area contributed by atoms with Crippen LogP contribution in [0.3, 0.4) is 0 Å². The quantitative estimate of drug-likeness (QED) is 0.672. The first-order valence-electron chi connectivity index (χ1n) is 9.16. The van der Waals surface area contributed by atoms with Crippen molar-refractivity contribution in [2.45, 2.75) is 24.7 Å². The number of benzene rings is 1. The lowest BCUT2D eigenvalue weighted by Crippen LogP contribution is -2.28. The maximum Gasteiger partial charge on any atom is 0.291 e. The van der Waals surface area contributed by atoms with Crippen LogP contribution in [0.2, 0.25) is 0 Å². The van der Waals surface area contributed by atoms with E-state index in [1.165, 1.54) is 43.6 Å². The molecule has 0 bridgehead atoms. The van der Waals surface area contributed by atoms with Gasteiger partial charge in [0.25, 0.3) is 11.8 Å². The minimum atomic E-state index is -3.75. The zero-order chi connectivity index (χ0) is 22.1. The highest BCUT2D eigenvalue weighted by Crippen LogP contribution is 2.34. The van der Waals surface area contributed by atoms with Gasteiger partial charge < -0.3 is 24.9 Å². The largest absolute Gasteiger partial charge is 0.493 e. The third kappa shape index (κ3) is 3.98. The number of anilines is 1. The number of amides is 2. The minimum Gasteiger partial charge on any atom is -0.493 e. The molecule has 1 aromatic heterocycles. The van der Waals surface area contributed by atoms with Crippen molar-refractivity contribution in [2.24, 2.45) is 5.73 Å². The molecule has 2 heterocycles. The molecule has 2 amide bonds. The van der Waals surface area contributed by atoms with E-state index in [0.717, 1.165) is 12.8 Å². The Labute approximate surface area is 174 Å². The topological polar surface area (TPSA) is 141 Å². The van der Waals surface area contributed by atoms with Crippen LogP contribution in [-0.4, -0.2) is 51.8 Å². The third-order valence-corrected chi connectivity index (χ3v) is 6.82. The smallest absolute Gasteiger partial charge is 0.291 e. The average Bonchev–Trinajstić information content (AvgIpc) is 3.37. The van der Waals surface area contributed by atoms with E-state index in [2.05, 4.69) is 5.32 Å². The number of carbonyl (C=O) groups excluding carboxylic acids is 2. The normalized spacial score (nSPS) is 14.5. The molecule has 162 valence electrons. The summed E-state index contributed by atoms with van der Waals surface area (Å²) in [4.78, 5) is 24.5. The molecule has 10 nitrogen and oxygen atoms in total. The van der Waals surface area contributed by atoms with Gasteiger partial charge in [-0.2, -0.15) is 4.31 Å². The first kappa shape index (κ1) is 21.7. The highest BCUT2D eigenvalue weighted by molar-refractivity contribution is 7.89. The summed E-state index contributed by atoms with van der Waals surface area (Å²) in [6.45, 7) is 2.34. The molecule has 1 saturated heterocycles. The summed E-state index contributed by atoms with van der Waals surface area (Å²) < 4.78 is 42.7. The van der Waals surface area contributed by atoms with Crippen molar-refractivity contribution in [3.63, 3.8) is 0 Å². The summed E-state index contributed by atoms with van der Waals surface area (Å²) in [7, 11) is -0.948. The SMILES string of the molecule is COc1cc(NC(=O)c2cc(S(=O)(=O)N3CCCC3)c(C)o2)c(C(N)=O)cc1OC. The summed E-state index contributed by atoms with van der Waals surface area (Å²) in [5.74, 6) is -1.11. The van der Waals surface area contributed by atoms with E-state index in [-0.39, 0.29) is 39.2 Å². The van der Waals surface area contributed by atoms with E-state index in [4.69, 9.17) is 19.6 Å². The molecule has 30 heavy (non-hydrogen) atoms. The molecule has 0 saturated carbocycles. The van der Waals surface area contributed by atoms with Crippen molar-refractivity contribution >= 4 is 27.5 Å². The zero-order valence-electron chi connectivity index (χ0n) is 16.9. The lowest BCUT2D eigenvalue weighted by atomic mass is 10.1. The number of sulfonamides is 1. The van der Waals surface area contributed by atoms with E-state index in [0.29, 0.717) is 13.1 Å². The van der Waals surface area contributed by atoms with Crippen molar-refractivity contribution in [2.75, 3.05) is 32.6 Å². The Morgan fingerprint density at radius 2 is 1.70 bits per heavy atom. The summed E-state index contributed by atoms with van der Waals surface area (Å²) in [5, 5.41) is 2.52. The van der Waals surface area contributed by atoms with Gasteiger partial charge in [-0.25, -0.2) is 8.42 Å². The minimum absolute atomic E-state index is 0.00538. The van der Waals surface area contributed by atoms with Crippen LogP contribution in [-0.2, 0) is 10.0 Å². The van der Waals surface area contributed by atoms with E-state index in [1.54, 1.807) is 0 Å². The van der Waals surface area contributed by atoms with Gasteiger partial charge >= 0.3 is 0 Å². The predicted molar refractivity (Wildman–Crippen MR) is 107 cm³/mol. The van der Waals surface area contributed by atoms with Gasteiger partial charge in [0.1, 0.15) is 10.7 Å². The lowest BCUT2D eigenvalue weighted by Gasteiger charge is -2.14. The van der Waals surface area contributed by atoms with Gasteiger partial charge in [0, 0.05) is 25.2 Å². The van der Waals surface area contributed by atoms with Crippen molar-refractivity contribution in [3.05, 3.63) is 35.3 Å². The molecule has 1 aromatic carbocycles. The van der Waals surface area contributed by atoms with Gasteiger partial charge in [-0.05, 0) is 25.8 Å². The number of hydrogen-bond acceptors (Lipinski definition) is 7. The first-order valence-corrected chi connectivity index (χ1v) is 10.6. The van der Waals surface area contributed by atoms with Crippen LogP contribution in [0.4, 0.5) is 5.69 Å². The van der Waals surface area contributed by atoms with Gasteiger partial charge in [-0.3, -0.25) is 9.59 Å². The fourth-order valence-electron chi connectivity index (χ4n) is 3.27. The number of nitrogens with one attached hydrogen (secondary N) is 1. The molecular formula is C19H23N3O7S. The number of nitrogens with zero attached hydrogens (tertiary/aromatic N) is 1. The number of ether oxygens (including phenoxy) is 2. The van der Waals surface area contributed by atoms with E-state index in [1.807, 2.05) is 0 Å². The number of carbonyl (C=O) groups is 2. The standard InChI is InChI=1S/C19H23N3O7S/c1-11-17(30(25,26)22-6-4-5-7-22)10-16(29-11)19(24)21-13-9-15(28-3)14(27-2)8-12(13)18(20)23/h8-10H,4-7H2,1-3H3,(H2,20,23)(H,21,24). The number of nitrogens with two attached hydrogens (primary N) is 1. The Kier molecular flexibility index (Phi) is 6.04. The zero-order valence-corrected chi connectivity index (χ0v) is 17.7. The number of furan rings is 1. The maximum atomic E-state index is 12.8. The van der Waals surface area contributed by atoms with E-state index < -0.39 is 21.8 Å². The molecular weight excluding hydrogens is 414 g/mol. The second-order valence-corrected chi connectivity index (χ2v) is 8.62. The Hall–Kier alpha value is -3.05. The number of rotatable bonds is 7. The molecule has 3 N–H and O–H groups in total. The fourth-order valence-corrected chi connectivity index (χ4v) is 4.95. The van der Waals surface area contributed by atoms with Crippen molar-refractivity contribution < 1.29 is 31.9 Å². The fraction of sp³-hybridized carbons (Fsp3) is 0.368. The highest BCUT2D eigenvalue weighted by atomic mass is 32.2. The van der Waals surface area contributed by atoms with Crippen LogP contribution in [0.15, 0.2) is 27.5 Å². The van der Waals surface area contributed by atoms with Crippen molar-refractivity contribution in [3.8, 4) is 11.5 Å². The Morgan fingerprint density at radius 3 is 2.27 bits per heavy atom. The molecule has 1 fully saturated rings. The second-order valence-electron chi connectivity index (χ2n) is 6.71. The molecule has 0 aliphatic carbocycles. The summed E-state index contributed by atoms with van der Waals surface area (Å²) in [6, 6.07) is 3.91. The lowest BCUT2D eigenvalue weighted by molar-refractivity contribution is 0.0995. The van der Waals surface area contributed by atoms with Crippen LogP contribution in [0.5, 0.6) is 11.5 Å². The summed E-state index contributed by atoms with van der Waals surface area (Å²) in [5.41, 5.74) is 5.47. The number of methoxy groups -OCH3 is 2. The van der Waals surface area contributed by atoms with Gasteiger partial charge in [0.2, 0.25) is 10.0 Å². The average molecular weight is 437 g/mol. The molecule has 0 unspecified atom stereocenters. The number of hydrogen-bond donors (Lipinski definition) is 2. The Balaban J connectivity index is 1.93.